The normalized spacial score (nSPS) is 10.4. The first-order valence-electron chi connectivity index (χ1n) is 12.8. The zero-order valence-electron chi connectivity index (χ0n) is 22.6. The summed E-state index contributed by atoms with van der Waals surface area (Å²) in [5.41, 5.74) is 2.73. The second-order valence-corrected chi connectivity index (χ2v) is 8.89. The number of pyridine rings is 2. The molecule has 6 rings (SSSR count). The van der Waals surface area contributed by atoms with E-state index < -0.39 is 0 Å². The van der Waals surface area contributed by atoms with Gasteiger partial charge < -0.3 is 18.9 Å². The molecule has 0 atom stereocenters. The third-order valence-corrected chi connectivity index (χ3v) is 5.67. The minimum absolute atomic E-state index is 0. The molecule has 0 bridgehead atoms. The molecule has 3 aromatic heterocycles. The molecule has 0 aliphatic rings. The summed E-state index contributed by atoms with van der Waals surface area (Å²) in [4.78, 5) is 8.61. The summed E-state index contributed by atoms with van der Waals surface area (Å²) in [6.45, 7) is 3.95. The first-order valence-corrected chi connectivity index (χ1v) is 12.8. The molecule has 0 N–H and O–H groups in total. The molecule has 0 unspecified atom stereocenters. The Labute approximate surface area is 256 Å². The zero-order chi connectivity index (χ0) is 28.0. The average Bonchev–Trinajstić information content (AvgIpc) is 3.32. The van der Waals surface area contributed by atoms with Crippen LogP contribution in [0, 0.1) is 32.0 Å². The SMILES string of the molecule is Cc1cc(C)n(-c2[c-]c(Oc3[c-]c(Oc4cccc(Oc5[c-]c(Oc6ccccn6)ccc5)n4)ccc3)ccc2)n1.[Ir+3]. The second-order valence-electron chi connectivity index (χ2n) is 8.89. The quantitative estimate of drug-likeness (QED) is 0.140. The van der Waals surface area contributed by atoms with E-state index in [4.69, 9.17) is 18.9 Å². The van der Waals surface area contributed by atoms with Crippen molar-refractivity contribution in [2.24, 2.45) is 0 Å². The smallest absolute Gasteiger partial charge is 0.509 e. The van der Waals surface area contributed by atoms with E-state index in [1.54, 1.807) is 60.8 Å². The van der Waals surface area contributed by atoms with Gasteiger partial charge in [0.1, 0.15) is 0 Å². The molecule has 42 heavy (non-hydrogen) atoms. The molecule has 9 heteroatoms. The van der Waals surface area contributed by atoms with Crippen LogP contribution in [-0.2, 0) is 20.1 Å². The van der Waals surface area contributed by atoms with Crippen LogP contribution in [0.1, 0.15) is 11.4 Å². The van der Waals surface area contributed by atoms with E-state index in [1.165, 1.54) is 0 Å². The summed E-state index contributed by atoms with van der Waals surface area (Å²) in [6, 6.07) is 38.5. The van der Waals surface area contributed by atoms with E-state index >= 15 is 0 Å². The van der Waals surface area contributed by atoms with Gasteiger partial charge in [-0.2, -0.15) is 28.3 Å². The van der Waals surface area contributed by atoms with Crippen LogP contribution in [0.2, 0.25) is 0 Å². The van der Waals surface area contributed by atoms with Gasteiger partial charge in [-0.1, -0.05) is 24.3 Å². The zero-order valence-corrected chi connectivity index (χ0v) is 25.0. The van der Waals surface area contributed by atoms with Crippen molar-refractivity contribution in [3.8, 4) is 52.1 Å². The van der Waals surface area contributed by atoms with Gasteiger partial charge >= 0.3 is 20.1 Å². The fourth-order valence-electron chi connectivity index (χ4n) is 3.96. The van der Waals surface area contributed by atoms with Crippen LogP contribution >= 0.6 is 0 Å². The predicted molar refractivity (Wildman–Crippen MR) is 151 cm³/mol. The van der Waals surface area contributed by atoms with Crippen LogP contribution in [0.25, 0.3) is 5.69 Å². The Morgan fingerprint density at radius 1 is 0.571 bits per heavy atom. The van der Waals surface area contributed by atoms with Crippen molar-refractivity contribution in [1.82, 2.24) is 19.7 Å². The maximum atomic E-state index is 6.02. The molecule has 0 spiro atoms. The van der Waals surface area contributed by atoms with Crippen LogP contribution in [-0.4, -0.2) is 19.7 Å². The Kier molecular flexibility index (Phi) is 8.92. The van der Waals surface area contributed by atoms with E-state index in [9.17, 15) is 0 Å². The van der Waals surface area contributed by atoms with Crippen molar-refractivity contribution in [3.63, 3.8) is 0 Å². The number of benzene rings is 3. The van der Waals surface area contributed by atoms with E-state index in [1.807, 2.05) is 61.0 Å². The molecule has 6 aromatic rings. The number of hydrogen-bond donors (Lipinski definition) is 0. The first kappa shape index (κ1) is 28.5. The van der Waals surface area contributed by atoms with Gasteiger partial charge in [0.2, 0.25) is 17.6 Å². The molecule has 208 valence electrons. The second kappa shape index (κ2) is 13.1. The Hall–Kier alpha value is -4.98. The maximum Gasteiger partial charge on any atom is 3.00 e. The van der Waals surface area contributed by atoms with Crippen LogP contribution in [0.15, 0.2) is 103 Å². The van der Waals surface area contributed by atoms with Crippen molar-refractivity contribution in [3.05, 3.63) is 133 Å². The number of aryl methyl sites for hydroxylation is 2. The predicted octanol–water partition coefficient (Wildman–Crippen LogP) is 7.85. The molecule has 0 saturated heterocycles. The monoisotopic (exact) mass is 732 g/mol. The van der Waals surface area contributed by atoms with Crippen molar-refractivity contribution >= 4 is 0 Å². The largest absolute Gasteiger partial charge is 3.00 e. The molecule has 0 saturated carbocycles. The average molecular weight is 732 g/mol. The topological polar surface area (TPSA) is 80.5 Å². The van der Waals surface area contributed by atoms with Gasteiger partial charge in [-0.3, -0.25) is 4.68 Å². The standard InChI is InChI=1S/C33H23N4O4.Ir/c1-23-19-24(2)37(36-23)25-9-5-10-26(20-25)38-27-11-6-13-29(21-27)40-32-16-8-17-33(35-32)41-30-14-7-12-28(22-30)39-31-15-3-4-18-34-31;/h3-19H,1-2H3;/q-3;+3. The molecule has 3 aromatic carbocycles. The third kappa shape index (κ3) is 7.20. The summed E-state index contributed by atoms with van der Waals surface area (Å²) in [7, 11) is 0. The minimum Gasteiger partial charge on any atom is -0.509 e. The summed E-state index contributed by atoms with van der Waals surface area (Å²) >= 11 is 0. The fourth-order valence-corrected chi connectivity index (χ4v) is 3.96. The summed E-state index contributed by atoms with van der Waals surface area (Å²) in [6.07, 6.45) is 1.66. The van der Waals surface area contributed by atoms with Gasteiger partial charge in [-0.15, -0.1) is 42.5 Å². The van der Waals surface area contributed by atoms with Gasteiger partial charge in [0, 0.05) is 58.8 Å². The van der Waals surface area contributed by atoms with Crippen molar-refractivity contribution in [2.45, 2.75) is 13.8 Å². The number of hydrogen-bond acceptors (Lipinski definition) is 7. The van der Waals surface area contributed by atoms with E-state index in [2.05, 4.69) is 33.3 Å². The van der Waals surface area contributed by atoms with Gasteiger partial charge in [-0.25, -0.2) is 4.98 Å². The van der Waals surface area contributed by atoms with Crippen LogP contribution in [0.3, 0.4) is 0 Å². The molecule has 8 nitrogen and oxygen atoms in total. The van der Waals surface area contributed by atoms with Gasteiger partial charge in [0.05, 0.1) is 5.69 Å². The van der Waals surface area contributed by atoms with Crippen molar-refractivity contribution < 1.29 is 39.1 Å². The van der Waals surface area contributed by atoms with Crippen molar-refractivity contribution in [1.29, 1.82) is 0 Å². The number of nitrogens with zero attached hydrogens (tertiary/aromatic N) is 4. The third-order valence-electron chi connectivity index (χ3n) is 5.67. The Morgan fingerprint density at radius 3 is 1.67 bits per heavy atom. The van der Waals surface area contributed by atoms with Crippen LogP contribution in [0.4, 0.5) is 0 Å². The number of ether oxygens (including phenoxy) is 4. The fraction of sp³-hybridized carbons (Fsp3) is 0.0606. The minimum atomic E-state index is 0. The molecule has 3 heterocycles. The molecule has 0 radical (unpaired) electrons. The van der Waals surface area contributed by atoms with Crippen LogP contribution < -0.4 is 18.9 Å². The number of rotatable bonds is 9. The summed E-state index contributed by atoms with van der Waals surface area (Å²) < 4.78 is 25.4. The molecule has 0 aliphatic heterocycles. The summed E-state index contributed by atoms with van der Waals surface area (Å²) in [5.74, 6) is 3.46. The molecular weight excluding hydrogens is 709 g/mol. The van der Waals surface area contributed by atoms with Gasteiger partial charge in [-0.05, 0) is 31.7 Å². The Balaban J connectivity index is 0.00000353. The first-order chi connectivity index (χ1) is 20.1. The maximum absolute atomic E-state index is 6.02. The Bertz CT molecular complexity index is 1790. The van der Waals surface area contributed by atoms with Crippen molar-refractivity contribution in [2.75, 3.05) is 0 Å². The molecule has 0 aliphatic carbocycles. The van der Waals surface area contributed by atoms with E-state index in [0.717, 1.165) is 17.1 Å². The molecule has 0 fully saturated rings. The van der Waals surface area contributed by atoms with Gasteiger partial charge in [0.25, 0.3) is 0 Å². The molecule has 0 amide bonds. The number of aromatic nitrogens is 4. The van der Waals surface area contributed by atoms with E-state index in [-0.39, 0.29) is 20.1 Å². The van der Waals surface area contributed by atoms with Crippen LogP contribution in [0.5, 0.6) is 46.4 Å². The Morgan fingerprint density at radius 2 is 1.10 bits per heavy atom. The molecular formula is C33H23IrN4O4. The van der Waals surface area contributed by atoms with Gasteiger partial charge in [0.15, 0.2) is 0 Å². The van der Waals surface area contributed by atoms with E-state index in [0.29, 0.717) is 46.4 Å². The summed E-state index contributed by atoms with van der Waals surface area (Å²) in [5, 5.41) is 4.52.